The molecular weight excluding hydrogens is 374 g/mol. The normalized spacial score (nSPS) is 15.9. The Hall–Kier alpha value is -1.28. The first kappa shape index (κ1) is 22.7. The number of carbonyl (C=O) groups excluding carboxylic acids is 1. The largest absolute Gasteiger partial charge is 0.332 e. The number of hydrogen-bond acceptors (Lipinski definition) is 4. The van der Waals surface area contributed by atoms with Crippen LogP contribution in [0.15, 0.2) is 41.6 Å². The molecule has 2 amide bonds. The Bertz CT molecular complexity index is 615. The van der Waals surface area contributed by atoms with Crippen LogP contribution in [0.2, 0.25) is 0 Å². The van der Waals surface area contributed by atoms with Gasteiger partial charge in [-0.25, -0.2) is 9.18 Å². The monoisotopic (exact) mass is 394 g/mol. The molecular formula is C15H21Cl2FN4OS. The number of amides is 2. The summed E-state index contributed by atoms with van der Waals surface area (Å²) in [6.45, 7) is 6.30. The minimum Gasteiger partial charge on any atom is -0.332 e. The van der Waals surface area contributed by atoms with E-state index in [-0.39, 0.29) is 48.5 Å². The molecule has 1 unspecified atom stereocenters. The predicted octanol–water partition coefficient (Wildman–Crippen LogP) is 3.42. The van der Waals surface area contributed by atoms with Crippen LogP contribution in [0.1, 0.15) is 19.0 Å². The molecule has 0 spiro atoms. The second-order valence-electron chi connectivity index (χ2n) is 4.92. The summed E-state index contributed by atoms with van der Waals surface area (Å²) in [7, 11) is 0. The van der Waals surface area contributed by atoms with Crippen molar-refractivity contribution in [2.45, 2.75) is 25.3 Å². The predicted molar refractivity (Wildman–Crippen MR) is 101 cm³/mol. The van der Waals surface area contributed by atoms with Crippen molar-refractivity contribution in [1.29, 1.82) is 0 Å². The van der Waals surface area contributed by atoms with E-state index in [0.29, 0.717) is 13.0 Å². The van der Waals surface area contributed by atoms with Crippen LogP contribution < -0.4 is 11.1 Å². The molecule has 5 nitrogen and oxygen atoms in total. The lowest BCUT2D eigenvalue weighted by Gasteiger charge is -2.22. The number of carbonyl (C=O) groups is 1. The molecule has 3 N–H and O–H groups in total. The van der Waals surface area contributed by atoms with Gasteiger partial charge in [0.1, 0.15) is 5.82 Å². The first-order valence-corrected chi connectivity index (χ1v) is 7.81. The fourth-order valence-electron chi connectivity index (χ4n) is 1.98. The van der Waals surface area contributed by atoms with Crippen LogP contribution in [0.3, 0.4) is 0 Å². The molecule has 9 heteroatoms. The van der Waals surface area contributed by atoms with E-state index in [1.54, 1.807) is 22.9 Å². The first-order chi connectivity index (χ1) is 10.5. The molecule has 0 saturated heterocycles. The van der Waals surface area contributed by atoms with E-state index in [0.717, 1.165) is 10.5 Å². The zero-order valence-electron chi connectivity index (χ0n) is 13.2. The maximum Gasteiger partial charge on any atom is 0.322 e. The topological polar surface area (TPSA) is 71.2 Å². The zero-order chi connectivity index (χ0) is 16.1. The fourth-order valence-corrected chi connectivity index (χ4v) is 3.18. The highest BCUT2D eigenvalue weighted by atomic mass is 35.5. The summed E-state index contributed by atoms with van der Waals surface area (Å²) >= 11 is 1.56. The van der Waals surface area contributed by atoms with Crippen molar-refractivity contribution < 1.29 is 9.18 Å². The highest BCUT2D eigenvalue weighted by Crippen LogP contribution is 2.37. The quantitative estimate of drug-likeness (QED) is 0.802. The van der Waals surface area contributed by atoms with Crippen molar-refractivity contribution in [3.63, 3.8) is 0 Å². The smallest absolute Gasteiger partial charge is 0.322 e. The molecule has 1 aliphatic heterocycles. The van der Waals surface area contributed by atoms with Gasteiger partial charge in [0.05, 0.1) is 17.6 Å². The SMILES string of the molecule is C=C(C)C1=CN(C(=O)NCc2ncccc2F)C(CCN)S1.Cl.Cl. The maximum absolute atomic E-state index is 13.5. The first-order valence-electron chi connectivity index (χ1n) is 6.93. The number of halogens is 3. The summed E-state index contributed by atoms with van der Waals surface area (Å²) in [6.07, 6.45) is 3.92. The Labute approximate surface area is 157 Å². The molecule has 1 aromatic heterocycles. The molecule has 0 fully saturated rings. The number of urea groups is 1. The van der Waals surface area contributed by atoms with E-state index in [1.165, 1.54) is 18.3 Å². The van der Waals surface area contributed by atoms with E-state index < -0.39 is 5.82 Å². The Morgan fingerprint density at radius 1 is 1.54 bits per heavy atom. The van der Waals surface area contributed by atoms with Crippen molar-refractivity contribution >= 4 is 42.6 Å². The van der Waals surface area contributed by atoms with Gasteiger partial charge < -0.3 is 11.1 Å². The Balaban J connectivity index is 0.00000264. The molecule has 24 heavy (non-hydrogen) atoms. The van der Waals surface area contributed by atoms with Crippen molar-refractivity contribution in [1.82, 2.24) is 15.2 Å². The molecule has 0 radical (unpaired) electrons. The molecule has 1 aromatic rings. The molecule has 0 aromatic carbocycles. The van der Waals surface area contributed by atoms with E-state index >= 15 is 0 Å². The van der Waals surface area contributed by atoms with Crippen LogP contribution in [0.4, 0.5) is 9.18 Å². The van der Waals surface area contributed by atoms with Gasteiger partial charge in [-0.3, -0.25) is 9.88 Å². The Kier molecular flexibility index (Phi) is 9.99. The lowest BCUT2D eigenvalue weighted by Crippen LogP contribution is -2.40. The van der Waals surface area contributed by atoms with E-state index in [4.69, 9.17) is 5.73 Å². The summed E-state index contributed by atoms with van der Waals surface area (Å²) < 4.78 is 13.5. The molecule has 134 valence electrons. The van der Waals surface area contributed by atoms with Gasteiger partial charge in [0, 0.05) is 17.3 Å². The summed E-state index contributed by atoms with van der Waals surface area (Å²) in [4.78, 5) is 18.8. The highest BCUT2D eigenvalue weighted by molar-refractivity contribution is 8.04. The molecule has 1 aliphatic rings. The minimum absolute atomic E-state index is 0. The molecule has 1 atom stereocenters. The zero-order valence-corrected chi connectivity index (χ0v) is 15.6. The number of nitrogens with two attached hydrogens (primary N) is 1. The van der Waals surface area contributed by atoms with Gasteiger partial charge in [-0.2, -0.15) is 0 Å². The molecule has 2 heterocycles. The van der Waals surface area contributed by atoms with Crippen LogP contribution in [0.5, 0.6) is 0 Å². The lowest BCUT2D eigenvalue weighted by atomic mass is 10.3. The molecule has 0 saturated carbocycles. The molecule has 0 bridgehead atoms. The standard InChI is InChI=1S/C15H19FN4OS.2ClH/c1-10(2)13-9-20(14(22-13)5-6-17)15(21)19-8-12-11(16)4-3-7-18-12;;/h3-4,7,9,14H,1,5-6,8,17H2,2H3,(H,19,21);2*1H. The Morgan fingerprint density at radius 3 is 2.83 bits per heavy atom. The van der Waals surface area contributed by atoms with Gasteiger partial charge >= 0.3 is 6.03 Å². The summed E-state index contributed by atoms with van der Waals surface area (Å²) in [6, 6.07) is 2.53. The summed E-state index contributed by atoms with van der Waals surface area (Å²) in [5.41, 5.74) is 6.71. The van der Waals surface area contributed by atoms with Gasteiger partial charge in [0.25, 0.3) is 0 Å². The van der Waals surface area contributed by atoms with Crippen molar-refractivity contribution in [3.05, 3.63) is 53.1 Å². The van der Waals surface area contributed by atoms with Crippen molar-refractivity contribution in [3.8, 4) is 0 Å². The molecule has 2 rings (SSSR count). The van der Waals surface area contributed by atoms with E-state index in [1.807, 2.05) is 6.92 Å². The summed E-state index contributed by atoms with van der Waals surface area (Å²) in [5.74, 6) is -0.435. The van der Waals surface area contributed by atoms with Crippen LogP contribution >= 0.6 is 36.6 Å². The van der Waals surface area contributed by atoms with Crippen LogP contribution in [0, 0.1) is 5.82 Å². The number of allylic oxidation sites excluding steroid dienone is 1. The van der Waals surface area contributed by atoms with Gasteiger partial charge in [-0.1, -0.05) is 18.3 Å². The average molecular weight is 395 g/mol. The van der Waals surface area contributed by atoms with Crippen molar-refractivity contribution in [2.24, 2.45) is 5.73 Å². The van der Waals surface area contributed by atoms with Gasteiger partial charge in [0.2, 0.25) is 0 Å². The minimum atomic E-state index is -0.435. The van der Waals surface area contributed by atoms with Crippen LogP contribution in [-0.2, 0) is 6.54 Å². The lowest BCUT2D eigenvalue weighted by molar-refractivity contribution is 0.211. The number of nitrogens with zero attached hydrogens (tertiary/aromatic N) is 2. The fraction of sp³-hybridized carbons (Fsp3) is 0.333. The average Bonchev–Trinajstić information content (AvgIpc) is 2.91. The summed E-state index contributed by atoms with van der Waals surface area (Å²) in [5, 5.41) is 2.62. The third-order valence-corrected chi connectivity index (χ3v) is 4.58. The van der Waals surface area contributed by atoms with E-state index in [9.17, 15) is 9.18 Å². The second kappa shape index (κ2) is 10.6. The third kappa shape index (κ3) is 5.66. The maximum atomic E-state index is 13.5. The highest BCUT2D eigenvalue weighted by Gasteiger charge is 2.29. The third-order valence-electron chi connectivity index (χ3n) is 3.14. The second-order valence-corrected chi connectivity index (χ2v) is 6.14. The van der Waals surface area contributed by atoms with Gasteiger partial charge in [-0.15, -0.1) is 24.8 Å². The number of rotatable bonds is 5. The number of pyridine rings is 1. The Morgan fingerprint density at radius 2 is 2.25 bits per heavy atom. The number of aromatic nitrogens is 1. The van der Waals surface area contributed by atoms with Crippen LogP contribution in [-0.4, -0.2) is 27.8 Å². The number of thioether (sulfide) groups is 1. The van der Waals surface area contributed by atoms with Crippen LogP contribution in [0.25, 0.3) is 0 Å². The van der Waals surface area contributed by atoms with Gasteiger partial charge in [-0.05, 0) is 37.6 Å². The van der Waals surface area contributed by atoms with Crippen molar-refractivity contribution in [2.75, 3.05) is 6.54 Å². The number of nitrogens with one attached hydrogen (secondary N) is 1. The molecule has 0 aliphatic carbocycles. The number of hydrogen-bond donors (Lipinski definition) is 2. The van der Waals surface area contributed by atoms with E-state index in [2.05, 4.69) is 16.9 Å². The van der Waals surface area contributed by atoms with Gasteiger partial charge in [0.15, 0.2) is 0 Å².